The molecular weight excluding hydrogens is 155 g/mol. The van der Waals surface area contributed by atoms with Gasteiger partial charge in [-0.25, -0.2) is 4.98 Å². The van der Waals surface area contributed by atoms with Crippen LogP contribution in [0.5, 0.6) is 5.88 Å². The van der Waals surface area contributed by atoms with Crippen molar-refractivity contribution in [3.05, 3.63) is 12.3 Å². The molecule has 0 unspecified atom stereocenters. The Kier molecular flexibility index (Phi) is 2.55. The van der Waals surface area contributed by atoms with Gasteiger partial charge in [0.1, 0.15) is 0 Å². The summed E-state index contributed by atoms with van der Waals surface area (Å²) in [5.41, 5.74) is 6.70. The minimum atomic E-state index is -0.550. The van der Waals surface area contributed by atoms with E-state index in [-0.39, 0.29) is 0 Å². The van der Waals surface area contributed by atoms with Crippen molar-refractivity contribution in [1.29, 1.82) is 0 Å². The van der Waals surface area contributed by atoms with Gasteiger partial charge in [-0.05, 0) is 11.5 Å². The molecule has 0 saturated heterocycles. The summed E-state index contributed by atoms with van der Waals surface area (Å²) in [5, 5.41) is 9.18. The first-order valence-electron chi connectivity index (χ1n) is 3.62. The Hall–Kier alpha value is -1.23. The average molecular weight is 166 g/mol. The number of hydrogen-bond acceptors (Lipinski definition) is 4. The van der Waals surface area contributed by atoms with E-state index in [2.05, 4.69) is 4.98 Å². The van der Waals surface area contributed by atoms with Crippen LogP contribution in [0.15, 0.2) is 12.3 Å². The highest BCUT2D eigenvalue weighted by atomic mass is 16.5. The lowest BCUT2D eigenvalue weighted by molar-refractivity contribution is 0.400. The normalized spacial score (nSPS) is 9.58. The fourth-order valence-electron chi connectivity index (χ4n) is 0.885. The molecule has 1 rings (SSSR count). The number of nitrogen functional groups attached to an aromatic ring is 1. The molecule has 1 aromatic rings. The highest BCUT2D eigenvalue weighted by molar-refractivity contribution is 6.64. The van der Waals surface area contributed by atoms with Crippen LogP contribution in [0.3, 0.4) is 0 Å². The van der Waals surface area contributed by atoms with Crippen molar-refractivity contribution >= 4 is 18.1 Å². The predicted molar refractivity (Wildman–Crippen MR) is 48.7 cm³/mol. The van der Waals surface area contributed by atoms with Crippen molar-refractivity contribution in [1.82, 2.24) is 4.98 Å². The fraction of sp³-hybridized carbons (Fsp3) is 0.286. The molecule has 0 aliphatic carbocycles. The lowest BCUT2D eigenvalue weighted by Gasteiger charge is -2.05. The van der Waals surface area contributed by atoms with Crippen LogP contribution in [-0.4, -0.2) is 24.0 Å². The minimum Gasteiger partial charge on any atom is -0.480 e. The quantitative estimate of drug-likeness (QED) is 0.580. The standard InChI is InChI=1S/C7H11BN2O2/c1-8(11)5-3-6(9)7(12-2)10-4-5/h3-4,11H,9H2,1-2H3. The maximum atomic E-state index is 9.18. The van der Waals surface area contributed by atoms with Crippen LogP contribution >= 0.6 is 0 Å². The number of rotatable bonds is 2. The zero-order valence-electron chi connectivity index (χ0n) is 7.11. The molecule has 0 saturated carbocycles. The Bertz CT molecular complexity index is 278. The monoisotopic (exact) mass is 166 g/mol. The van der Waals surface area contributed by atoms with Crippen LogP contribution in [0.25, 0.3) is 0 Å². The maximum absolute atomic E-state index is 9.18. The van der Waals surface area contributed by atoms with E-state index in [9.17, 15) is 5.02 Å². The molecule has 0 aliphatic rings. The van der Waals surface area contributed by atoms with Crippen molar-refractivity contribution in [2.75, 3.05) is 12.8 Å². The second kappa shape index (κ2) is 3.45. The molecule has 0 amide bonds. The molecule has 4 nitrogen and oxygen atoms in total. The van der Waals surface area contributed by atoms with E-state index in [4.69, 9.17) is 10.5 Å². The number of nitrogens with two attached hydrogens (primary N) is 1. The van der Waals surface area contributed by atoms with Crippen molar-refractivity contribution in [3.63, 3.8) is 0 Å². The zero-order chi connectivity index (χ0) is 9.14. The number of hydrogen-bond donors (Lipinski definition) is 2. The van der Waals surface area contributed by atoms with E-state index in [1.165, 1.54) is 7.11 Å². The molecule has 0 aromatic carbocycles. The maximum Gasteiger partial charge on any atom is 0.322 e. The number of pyridine rings is 1. The highest BCUT2D eigenvalue weighted by Gasteiger charge is 2.09. The van der Waals surface area contributed by atoms with E-state index in [1.54, 1.807) is 19.1 Å². The average Bonchev–Trinajstić information content (AvgIpc) is 2.04. The smallest absolute Gasteiger partial charge is 0.322 e. The van der Waals surface area contributed by atoms with Crippen LogP contribution in [0.2, 0.25) is 6.82 Å². The molecule has 5 heteroatoms. The largest absolute Gasteiger partial charge is 0.480 e. The number of aromatic nitrogens is 1. The van der Waals surface area contributed by atoms with Crippen LogP contribution in [0, 0.1) is 0 Å². The number of methoxy groups -OCH3 is 1. The summed E-state index contributed by atoms with van der Waals surface area (Å²) in [5.74, 6) is 0.388. The Morgan fingerprint density at radius 2 is 2.33 bits per heavy atom. The van der Waals surface area contributed by atoms with Gasteiger partial charge in [0.15, 0.2) is 0 Å². The van der Waals surface area contributed by atoms with Gasteiger partial charge in [0.2, 0.25) is 5.88 Å². The Morgan fingerprint density at radius 3 is 2.75 bits per heavy atom. The first-order valence-corrected chi connectivity index (χ1v) is 3.62. The summed E-state index contributed by atoms with van der Waals surface area (Å²) < 4.78 is 4.86. The Balaban J connectivity index is 3.02. The first kappa shape index (κ1) is 8.87. The molecule has 1 aromatic heterocycles. The number of anilines is 1. The third kappa shape index (κ3) is 1.68. The van der Waals surface area contributed by atoms with Crippen LogP contribution in [-0.2, 0) is 0 Å². The van der Waals surface area contributed by atoms with Crippen molar-refractivity contribution in [3.8, 4) is 5.88 Å². The summed E-state index contributed by atoms with van der Waals surface area (Å²) in [4.78, 5) is 3.91. The molecule has 0 bridgehead atoms. The molecule has 1 heterocycles. The van der Waals surface area contributed by atoms with Crippen molar-refractivity contribution in [2.45, 2.75) is 6.82 Å². The van der Waals surface area contributed by atoms with Gasteiger partial charge in [0.05, 0.1) is 12.8 Å². The molecule has 12 heavy (non-hydrogen) atoms. The van der Waals surface area contributed by atoms with Crippen LogP contribution in [0.4, 0.5) is 5.69 Å². The Morgan fingerprint density at radius 1 is 1.67 bits per heavy atom. The van der Waals surface area contributed by atoms with Gasteiger partial charge in [-0.15, -0.1) is 0 Å². The van der Waals surface area contributed by atoms with Gasteiger partial charge in [-0.1, -0.05) is 6.82 Å². The molecule has 0 aliphatic heterocycles. The third-order valence-electron chi connectivity index (χ3n) is 1.58. The fourth-order valence-corrected chi connectivity index (χ4v) is 0.885. The van der Waals surface area contributed by atoms with E-state index in [0.717, 1.165) is 0 Å². The van der Waals surface area contributed by atoms with Gasteiger partial charge in [0.25, 0.3) is 0 Å². The van der Waals surface area contributed by atoms with Gasteiger partial charge < -0.3 is 15.5 Å². The summed E-state index contributed by atoms with van der Waals surface area (Å²) in [6.07, 6.45) is 1.54. The third-order valence-corrected chi connectivity index (χ3v) is 1.58. The SMILES string of the molecule is COc1ncc(B(C)O)cc1N. The van der Waals surface area contributed by atoms with Crippen LogP contribution < -0.4 is 15.9 Å². The van der Waals surface area contributed by atoms with E-state index >= 15 is 0 Å². The van der Waals surface area contributed by atoms with E-state index in [0.29, 0.717) is 17.0 Å². The minimum absolute atomic E-state index is 0.388. The van der Waals surface area contributed by atoms with E-state index < -0.39 is 6.92 Å². The molecule has 0 atom stereocenters. The lowest BCUT2D eigenvalue weighted by atomic mass is 9.65. The summed E-state index contributed by atoms with van der Waals surface area (Å²) in [6.45, 7) is 1.11. The van der Waals surface area contributed by atoms with Crippen molar-refractivity contribution in [2.24, 2.45) is 0 Å². The van der Waals surface area contributed by atoms with Gasteiger partial charge in [-0.2, -0.15) is 0 Å². The predicted octanol–water partition coefficient (Wildman–Crippen LogP) is -0.507. The second-order valence-electron chi connectivity index (χ2n) is 2.54. The van der Waals surface area contributed by atoms with Crippen LogP contribution in [0.1, 0.15) is 0 Å². The topological polar surface area (TPSA) is 68.4 Å². The summed E-state index contributed by atoms with van der Waals surface area (Å²) in [6, 6.07) is 1.65. The number of ether oxygens (including phenoxy) is 1. The molecule has 0 fully saturated rings. The molecule has 3 N–H and O–H groups in total. The molecule has 0 spiro atoms. The number of nitrogens with zero attached hydrogens (tertiary/aromatic N) is 1. The summed E-state index contributed by atoms with van der Waals surface area (Å²) in [7, 11) is 1.50. The van der Waals surface area contributed by atoms with Gasteiger partial charge in [0, 0.05) is 6.20 Å². The molecule has 0 radical (unpaired) electrons. The molecular formula is C7H11BN2O2. The molecule has 64 valence electrons. The van der Waals surface area contributed by atoms with Crippen molar-refractivity contribution < 1.29 is 9.76 Å². The highest BCUT2D eigenvalue weighted by Crippen LogP contribution is 2.13. The first-order chi connectivity index (χ1) is 5.65. The summed E-state index contributed by atoms with van der Waals surface area (Å²) >= 11 is 0. The van der Waals surface area contributed by atoms with E-state index in [1.807, 2.05) is 0 Å². The van der Waals surface area contributed by atoms with Gasteiger partial charge >= 0.3 is 6.92 Å². The zero-order valence-corrected chi connectivity index (χ0v) is 7.11. The lowest BCUT2D eigenvalue weighted by Crippen LogP contribution is -2.27. The Labute approximate surface area is 71.5 Å². The van der Waals surface area contributed by atoms with Gasteiger partial charge in [-0.3, -0.25) is 0 Å². The second-order valence-corrected chi connectivity index (χ2v) is 2.54.